The maximum absolute atomic E-state index is 12.0. The molecule has 0 fully saturated rings. The maximum Gasteiger partial charge on any atom is 0.323 e. The van der Waals surface area contributed by atoms with E-state index in [0.29, 0.717) is 17.2 Å². The topological polar surface area (TPSA) is 59.6 Å². The Morgan fingerprint density at radius 3 is 2.00 bits per heavy atom. The van der Waals surface area contributed by atoms with Crippen LogP contribution in [-0.4, -0.2) is 20.3 Å². The average Bonchev–Trinajstić information content (AvgIpc) is 2.50. The number of methoxy groups -OCH3 is 2. The molecule has 5 heteroatoms. The highest BCUT2D eigenvalue weighted by atomic mass is 16.5. The van der Waals surface area contributed by atoms with E-state index in [-0.39, 0.29) is 6.03 Å². The summed E-state index contributed by atoms with van der Waals surface area (Å²) in [6.07, 6.45) is 0. The summed E-state index contributed by atoms with van der Waals surface area (Å²) in [6.45, 7) is 4.04. The summed E-state index contributed by atoms with van der Waals surface area (Å²) >= 11 is 0. The third-order valence-electron chi connectivity index (χ3n) is 3.41. The number of nitrogens with one attached hydrogen (secondary N) is 2. The minimum Gasteiger partial charge on any atom is -0.493 e. The van der Waals surface area contributed by atoms with Gasteiger partial charge in [0.1, 0.15) is 0 Å². The van der Waals surface area contributed by atoms with Gasteiger partial charge in [-0.15, -0.1) is 0 Å². The molecule has 0 aliphatic heterocycles. The maximum atomic E-state index is 12.0. The van der Waals surface area contributed by atoms with Gasteiger partial charge in [-0.1, -0.05) is 6.07 Å². The quantitative estimate of drug-likeness (QED) is 0.898. The Labute approximate surface area is 130 Å². The van der Waals surface area contributed by atoms with Crippen LogP contribution in [0.1, 0.15) is 11.1 Å². The fourth-order valence-electron chi connectivity index (χ4n) is 2.03. The van der Waals surface area contributed by atoms with E-state index in [1.165, 1.54) is 5.56 Å². The smallest absolute Gasteiger partial charge is 0.323 e. The molecule has 0 spiro atoms. The van der Waals surface area contributed by atoms with Crippen molar-refractivity contribution in [1.29, 1.82) is 0 Å². The standard InChI is InChI=1S/C17H20N2O3/c1-11-5-6-13(9-12(11)2)18-17(20)19-14-7-8-15(21-3)16(10-14)22-4/h5-10H,1-4H3,(H2,18,19,20). The number of rotatable bonds is 4. The second-order valence-electron chi connectivity index (χ2n) is 4.95. The first-order chi connectivity index (χ1) is 10.5. The van der Waals surface area contributed by atoms with Crippen molar-refractivity contribution in [3.63, 3.8) is 0 Å². The van der Waals surface area contributed by atoms with Crippen LogP contribution in [0.5, 0.6) is 11.5 Å². The van der Waals surface area contributed by atoms with Gasteiger partial charge in [0.2, 0.25) is 0 Å². The van der Waals surface area contributed by atoms with Crippen LogP contribution in [0, 0.1) is 13.8 Å². The summed E-state index contributed by atoms with van der Waals surface area (Å²) in [5.74, 6) is 1.18. The number of urea groups is 1. The van der Waals surface area contributed by atoms with Crippen LogP contribution in [0.15, 0.2) is 36.4 Å². The predicted octanol–water partition coefficient (Wildman–Crippen LogP) is 3.96. The molecule has 2 amide bonds. The highest BCUT2D eigenvalue weighted by Gasteiger charge is 2.08. The van der Waals surface area contributed by atoms with Gasteiger partial charge < -0.3 is 20.1 Å². The van der Waals surface area contributed by atoms with Crippen molar-refractivity contribution >= 4 is 17.4 Å². The number of carbonyl (C=O) groups excluding carboxylic acids is 1. The van der Waals surface area contributed by atoms with Crippen LogP contribution in [0.25, 0.3) is 0 Å². The van der Waals surface area contributed by atoms with Crippen molar-refractivity contribution in [3.8, 4) is 11.5 Å². The van der Waals surface area contributed by atoms with Gasteiger partial charge >= 0.3 is 6.03 Å². The van der Waals surface area contributed by atoms with Crippen molar-refractivity contribution in [2.45, 2.75) is 13.8 Å². The van der Waals surface area contributed by atoms with Gasteiger partial charge in [0.25, 0.3) is 0 Å². The summed E-state index contributed by atoms with van der Waals surface area (Å²) in [7, 11) is 3.12. The number of hydrogen-bond acceptors (Lipinski definition) is 3. The van der Waals surface area contributed by atoms with Gasteiger partial charge in [0.15, 0.2) is 11.5 Å². The zero-order valence-electron chi connectivity index (χ0n) is 13.2. The molecular weight excluding hydrogens is 280 g/mol. The van der Waals surface area contributed by atoms with Gasteiger partial charge in [0, 0.05) is 17.4 Å². The Morgan fingerprint density at radius 2 is 1.41 bits per heavy atom. The Bertz CT molecular complexity index is 684. The lowest BCUT2D eigenvalue weighted by Gasteiger charge is -2.12. The number of benzene rings is 2. The van der Waals surface area contributed by atoms with Crippen LogP contribution in [-0.2, 0) is 0 Å². The van der Waals surface area contributed by atoms with E-state index in [0.717, 1.165) is 11.3 Å². The Kier molecular flexibility index (Phi) is 4.88. The Balaban J connectivity index is 2.07. The minimum absolute atomic E-state index is 0.310. The fourth-order valence-corrected chi connectivity index (χ4v) is 2.03. The first kappa shape index (κ1) is 15.7. The van der Waals surface area contributed by atoms with Gasteiger partial charge in [-0.25, -0.2) is 4.79 Å². The molecule has 0 aliphatic carbocycles. The van der Waals surface area contributed by atoms with Crippen molar-refractivity contribution < 1.29 is 14.3 Å². The first-order valence-corrected chi connectivity index (χ1v) is 6.90. The van der Waals surface area contributed by atoms with E-state index in [1.54, 1.807) is 32.4 Å². The third kappa shape index (κ3) is 3.69. The van der Waals surface area contributed by atoms with Gasteiger partial charge in [-0.3, -0.25) is 0 Å². The molecule has 5 nitrogen and oxygen atoms in total. The molecule has 0 saturated carbocycles. The van der Waals surface area contributed by atoms with Crippen LogP contribution in [0.3, 0.4) is 0 Å². The van der Waals surface area contributed by atoms with Crippen LogP contribution in [0.4, 0.5) is 16.2 Å². The molecule has 0 radical (unpaired) electrons. The van der Waals surface area contributed by atoms with Gasteiger partial charge in [-0.05, 0) is 49.2 Å². The fraction of sp³-hybridized carbons (Fsp3) is 0.235. The van der Waals surface area contributed by atoms with Crippen molar-refractivity contribution in [2.75, 3.05) is 24.9 Å². The average molecular weight is 300 g/mol. The van der Waals surface area contributed by atoms with Crippen molar-refractivity contribution in [2.24, 2.45) is 0 Å². The number of amides is 2. The first-order valence-electron chi connectivity index (χ1n) is 6.90. The molecule has 0 heterocycles. The summed E-state index contributed by atoms with van der Waals surface area (Å²) in [5.41, 5.74) is 3.69. The lowest BCUT2D eigenvalue weighted by atomic mass is 10.1. The molecule has 116 valence electrons. The minimum atomic E-state index is -0.310. The molecule has 0 aliphatic rings. The zero-order valence-corrected chi connectivity index (χ0v) is 13.2. The Morgan fingerprint density at radius 1 is 0.818 bits per heavy atom. The third-order valence-corrected chi connectivity index (χ3v) is 3.41. The highest BCUT2D eigenvalue weighted by molar-refractivity contribution is 6.00. The van der Waals surface area contributed by atoms with Crippen LogP contribution >= 0.6 is 0 Å². The Hall–Kier alpha value is -2.69. The second-order valence-corrected chi connectivity index (χ2v) is 4.95. The van der Waals surface area contributed by atoms with E-state index in [2.05, 4.69) is 10.6 Å². The molecular formula is C17H20N2O3. The molecule has 2 rings (SSSR count). The number of anilines is 2. The molecule has 2 aromatic carbocycles. The summed E-state index contributed by atoms with van der Waals surface area (Å²) in [6, 6.07) is 10.7. The summed E-state index contributed by atoms with van der Waals surface area (Å²) in [5, 5.41) is 5.57. The van der Waals surface area contributed by atoms with Crippen LogP contribution in [0.2, 0.25) is 0 Å². The van der Waals surface area contributed by atoms with E-state index in [9.17, 15) is 4.79 Å². The molecule has 0 saturated heterocycles. The molecule has 2 N–H and O–H groups in total. The summed E-state index contributed by atoms with van der Waals surface area (Å²) in [4.78, 5) is 12.0. The molecule has 2 aromatic rings. The molecule has 0 unspecified atom stereocenters. The molecule has 0 aromatic heterocycles. The van der Waals surface area contributed by atoms with Gasteiger partial charge in [-0.2, -0.15) is 0 Å². The second kappa shape index (κ2) is 6.85. The normalized spacial score (nSPS) is 10.0. The van der Waals surface area contributed by atoms with Gasteiger partial charge in [0.05, 0.1) is 14.2 Å². The summed E-state index contributed by atoms with van der Waals surface area (Å²) < 4.78 is 10.4. The van der Waals surface area contributed by atoms with E-state index in [4.69, 9.17) is 9.47 Å². The van der Waals surface area contributed by atoms with Crippen molar-refractivity contribution in [1.82, 2.24) is 0 Å². The lowest BCUT2D eigenvalue weighted by molar-refractivity contribution is 0.262. The highest BCUT2D eigenvalue weighted by Crippen LogP contribution is 2.29. The van der Waals surface area contributed by atoms with Crippen LogP contribution < -0.4 is 20.1 Å². The zero-order chi connectivity index (χ0) is 16.1. The molecule has 22 heavy (non-hydrogen) atoms. The van der Waals surface area contributed by atoms with E-state index >= 15 is 0 Å². The van der Waals surface area contributed by atoms with Crippen molar-refractivity contribution in [3.05, 3.63) is 47.5 Å². The molecule has 0 bridgehead atoms. The largest absolute Gasteiger partial charge is 0.493 e. The predicted molar refractivity (Wildman–Crippen MR) is 88.1 cm³/mol. The number of hydrogen-bond donors (Lipinski definition) is 2. The SMILES string of the molecule is COc1ccc(NC(=O)Nc2ccc(C)c(C)c2)cc1OC. The lowest BCUT2D eigenvalue weighted by Crippen LogP contribution is -2.19. The monoisotopic (exact) mass is 300 g/mol. The number of carbonyl (C=O) groups is 1. The number of aryl methyl sites for hydroxylation is 2. The number of ether oxygens (including phenoxy) is 2. The molecule has 0 atom stereocenters. The van der Waals surface area contributed by atoms with E-state index < -0.39 is 0 Å². The van der Waals surface area contributed by atoms with E-state index in [1.807, 2.05) is 32.0 Å².